The van der Waals surface area contributed by atoms with Crippen molar-refractivity contribution in [1.82, 2.24) is 0 Å². The summed E-state index contributed by atoms with van der Waals surface area (Å²) in [5.74, 6) is 0. The van der Waals surface area contributed by atoms with Gasteiger partial charge in [-0.2, -0.15) is 0 Å². The van der Waals surface area contributed by atoms with E-state index in [1.165, 1.54) is 11.1 Å². The maximum atomic E-state index is 5.91. The highest BCUT2D eigenvalue weighted by Crippen LogP contribution is 2.31. The van der Waals surface area contributed by atoms with Crippen molar-refractivity contribution < 1.29 is 9.68 Å². The number of nitrogens with zero attached hydrogens (tertiary/aromatic N) is 2. The van der Waals surface area contributed by atoms with E-state index in [-0.39, 0.29) is 0 Å². The topological polar surface area (TPSA) is 51.0 Å². The summed E-state index contributed by atoms with van der Waals surface area (Å²) < 4.78 is 0. The molecule has 2 N–H and O–H groups in total. The zero-order valence-electron chi connectivity index (χ0n) is 17.8. The summed E-state index contributed by atoms with van der Waals surface area (Å²) in [5.41, 5.74) is 11.4. The molecular formula is C25H31N3O2. The van der Waals surface area contributed by atoms with Crippen LogP contribution >= 0.6 is 0 Å². The maximum absolute atomic E-state index is 5.91. The highest BCUT2D eigenvalue weighted by Gasteiger charge is 2.18. The van der Waals surface area contributed by atoms with Crippen molar-refractivity contribution in [3.8, 4) is 0 Å². The highest BCUT2D eigenvalue weighted by atomic mass is 16.7. The van der Waals surface area contributed by atoms with Crippen LogP contribution in [0.1, 0.15) is 16.7 Å². The SMILES string of the molecule is CON(CCc1ccccc1)c1ccc(CN)cc1N(CCc1ccccc1)OC. The summed E-state index contributed by atoms with van der Waals surface area (Å²) in [6, 6.07) is 27.0. The molecule has 0 bridgehead atoms. The maximum Gasteiger partial charge on any atom is 0.0896 e. The Hall–Kier alpha value is -2.86. The number of benzene rings is 3. The molecule has 0 aliphatic carbocycles. The molecule has 0 atom stereocenters. The molecule has 0 saturated carbocycles. The average Bonchev–Trinajstić information content (AvgIpc) is 2.81. The molecule has 0 amide bonds. The number of anilines is 2. The molecule has 30 heavy (non-hydrogen) atoms. The van der Waals surface area contributed by atoms with Crippen molar-refractivity contribution >= 4 is 11.4 Å². The lowest BCUT2D eigenvalue weighted by molar-refractivity contribution is 0.156. The molecule has 5 nitrogen and oxygen atoms in total. The predicted molar refractivity (Wildman–Crippen MR) is 123 cm³/mol. The quantitative estimate of drug-likeness (QED) is 0.480. The Morgan fingerprint density at radius 3 is 1.60 bits per heavy atom. The average molecular weight is 406 g/mol. The number of rotatable bonds is 11. The largest absolute Gasteiger partial charge is 0.326 e. The molecule has 0 radical (unpaired) electrons. The summed E-state index contributed by atoms with van der Waals surface area (Å²) in [7, 11) is 3.40. The van der Waals surface area contributed by atoms with Crippen LogP contribution in [0.15, 0.2) is 78.9 Å². The van der Waals surface area contributed by atoms with Crippen molar-refractivity contribution in [3.63, 3.8) is 0 Å². The van der Waals surface area contributed by atoms with Crippen LogP contribution < -0.4 is 15.9 Å². The Morgan fingerprint density at radius 1 is 0.633 bits per heavy atom. The summed E-state index contributed by atoms with van der Waals surface area (Å²) in [5, 5.41) is 3.83. The first kappa shape index (κ1) is 21.8. The summed E-state index contributed by atoms with van der Waals surface area (Å²) in [4.78, 5) is 11.5. The summed E-state index contributed by atoms with van der Waals surface area (Å²) >= 11 is 0. The molecule has 0 unspecified atom stereocenters. The van der Waals surface area contributed by atoms with Gasteiger partial charge in [0.05, 0.1) is 25.6 Å². The Morgan fingerprint density at radius 2 is 1.13 bits per heavy atom. The van der Waals surface area contributed by atoms with Gasteiger partial charge in [0.1, 0.15) is 0 Å². The first-order chi connectivity index (χ1) is 14.7. The van der Waals surface area contributed by atoms with Crippen molar-refractivity contribution in [2.75, 3.05) is 37.4 Å². The van der Waals surface area contributed by atoms with Crippen molar-refractivity contribution in [2.24, 2.45) is 5.73 Å². The zero-order valence-corrected chi connectivity index (χ0v) is 17.8. The summed E-state index contributed by atoms with van der Waals surface area (Å²) in [6.07, 6.45) is 1.75. The van der Waals surface area contributed by atoms with Crippen molar-refractivity contribution in [1.29, 1.82) is 0 Å². The van der Waals surface area contributed by atoms with Crippen LogP contribution in [0.4, 0.5) is 11.4 Å². The van der Waals surface area contributed by atoms with Gasteiger partial charge in [-0.3, -0.25) is 19.8 Å². The third-order valence-corrected chi connectivity index (χ3v) is 5.15. The first-order valence-corrected chi connectivity index (χ1v) is 10.3. The first-order valence-electron chi connectivity index (χ1n) is 10.3. The van der Waals surface area contributed by atoms with Gasteiger partial charge in [0.2, 0.25) is 0 Å². The Bertz CT molecular complexity index is 887. The molecule has 158 valence electrons. The van der Waals surface area contributed by atoms with E-state index in [9.17, 15) is 0 Å². The van der Waals surface area contributed by atoms with E-state index in [1.807, 2.05) is 28.3 Å². The van der Waals surface area contributed by atoms with Crippen LogP contribution in [0.3, 0.4) is 0 Å². The zero-order chi connectivity index (χ0) is 21.2. The van der Waals surface area contributed by atoms with Crippen LogP contribution in [0.25, 0.3) is 0 Å². The van der Waals surface area contributed by atoms with Crippen LogP contribution in [0, 0.1) is 0 Å². The van der Waals surface area contributed by atoms with Gasteiger partial charge in [0.25, 0.3) is 0 Å². The molecular weight excluding hydrogens is 374 g/mol. The highest BCUT2D eigenvalue weighted by molar-refractivity contribution is 5.70. The molecule has 0 fully saturated rings. The molecule has 3 rings (SSSR count). The molecule has 0 aliphatic rings. The van der Waals surface area contributed by atoms with Crippen molar-refractivity contribution in [2.45, 2.75) is 19.4 Å². The van der Waals surface area contributed by atoms with E-state index in [2.05, 4.69) is 60.7 Å². The molecule has 0 spiro atoms. The molecule has 3 aromatic carbocycles. The lowest BCUT2D eigenvalue weighted by Crippen LogP contribution is -2.30. The van der Waals surface area contributed by atoms with Gasteiger partial charge in [-0.05, 0) is 41.7 Å². The fourth-order valence-corrected chi connectivity index (χ4v) is 3.48. The minimum absolute atomic E-state index is 0.473. The van der Waals surface area contributed by atoms with E-state index < -0.39 is 0 Å². The lowest BCUT2D eigenvalue weighted by Gasteiger charge is -2.30. The Balaban J connectivity index is 1.81. The number of hydrogen-bond donors (Lipinski definition) is 1. The van der Waals surface area contributed by atoms with Crippen LogP contribution in [0.2, 0.25) is 0 Å². The normalized spacial score (nSPS) is 10.8. The monoisotopic (exact) mass is 405 g/mol. The van der Waals surface area contributed by atoms with Gasteiger partial charge < -0.3 is 5.73 Å². The molecule has 0 aliphatic heterocycles. The minimum Gasteiger partial charge on any atom is -0.326 e. The van der Waals surface area contributed by atoms with E-state index in [1.54, 1.807) is 14.2 Å². The third kappa shape index (κ3) is 5.83. The van der Waals surface area contributed by atoms with E-state index in [0.29, 0.717) is 6.54 Å². The second-order valence-corrected chi connectivity index (χ2v) is 7.07. The van der Waals surface area contributed by atoms with Gasteiger partial charge in [-0.1, -0.05) is 66.7 Å². The van der Waals surface area contributed by atoms with Crippen molar-refractivity contribution in [3.05, 3.63) is 95.6 Å². The van der Waals surface area contributed by atoms with E-state index >= 15 is 0 Å². The fraction of sp³-hybridized carbons (Fsp3) is 0.280. The van der Waals surface area contributed by atoms with E-state index in [0.717, 1.165) is 42.9 Å². The number of hydroxylamine groups is 2. The smallest absolute Gasteiger partial charge is 0.0896 e. The Kier molecular flexibility index (Phi) is 8.27. The summed E-state index contributed by atoms with van der Waals surface area (Å²) in [6.45, 7) is 1.92. The van der Waals surface area contributed by atoms with Gasteiger partial charge >= 0.3 is 0 Å². The third-order valence-electron chi connectivity index (χ3n) is 5.15. The Labute approximate surface area is 179 Å². The number of nitrogens with two attached hydrogens (primary N) is 1. The van der Waals surface area contributed by atoms with E-state index in [4.69, 9.17) is 15.4 Å². The predicted octanol–water partition coefficient (Wildman–Crippen LogP) is 4.37. The molecule has 5 heteroatoms. The second-order valence-electron chi connectivity index (χ2n) is 7.07. The van der Waals surface area contributed by atoms with Crippen LogP contribution in [0.5, 0.6) is 0 Å². The molecule has 3 aromatic rings. The van der Waals surface area contributed by atoms with Gasteiger partial charge in [0, 0.05) is 19.6 Å². The second kappa shape index (κ2) is 11.4. The van der Waals surface area contributed by atoms with Gasteiger partial charge in [-0.15, -0.1) is 0 Å². The van der Waals surface area contributed by atoms with Gasteiger partial charge in [0.15, 0.2) is 0 Å². The van der Waals surface area contributed by atoms with Crippen LogP contribution in [-0.4, -0.2) is 27.3 Å². The molecule has 0 heterocycles. The standard InChI is InChI=1S/C25H31N3O2/c1-29-27(17-15-21-9-5-3-6-10-21)24-14-13-23(20-26)19-25(24)28(30-2)18-16-22-11-7-4-8-12-22/h3-14,19H,15-18,20,26H2,1-2H3. The molecule has 0 aromatic heterocycles. The minimum atomic E-state index is 0.473. The van der Waals surface area contributed by atoms with Gasteiger partial charge in [-0.25, -0.2) is 0 Å². The fourth-order valence-electron chi connectivity index (χ4n) is 3.48. The number of hydrogen-bond acceptors (Lipinski definition) is 5. The van der Waals surface area contributed by atoms with Crippen LogP contribution in [-0.2, 0) is 29.1 Å². The molecule has 0 saturated heterocycles. The lowest BCUT2D eigenvalue weighted by atomic mass is 10.1.